The van der Waals surface area contributed by atoms with Crippen LogP contribution in [-0.4, -0.2) is 5.78 Å². The van der Waals surface area contributed by atoms with Crippen LogP contribution >= 0.6 is 0 Å². The Bertz CT molecular complexity index is 601. The summed E-state index contributed by atoms with van der Waals surface area (Å²) in [7, 11) is 0. The van der Waals surface area contributed by atoms with Crippen LogP contribution in [0.3, 0.4) is 0 Å². The zero-order chi connectivity index (χ0) is 13.4. The Hall–Kier alpha value is -1.57. The molecule has 1 saturated carbocycles. The van der Waals surface area contributed by atoms with Crippen LogP contribution in [0.4, 0.5) is 0 Å². The summed E-state index contributed by atoms with van der Waals surface area (Å²) in [6.07, 6.45) is 4.34. The minimum atomic E-state index is 0.165. The average Bonchev–Trinajstić information content (AvgIpc) is 2.81. The lowest BCUT2D eigenvalue weighted by Crippen LogP contribution is -2.20. The molecule has 0 amide bonds. The van der Waals surface area contributed by atoms with Crippen LogP contribution in [0.1, 0.15) is 48.7 Å². The molecule has 1 heterocycles. The van der Waals surface area contributed by atoms with E-state index in [2.05, 4.69) is 19.9 Å². The van der Waals surface area contributed by atoms with E-state index in [0.29, 0.717) is 5.76 Å². The minimum absolute atomic E-state index is 0.165. The lowest BCUT2D eigenvalue weighted by molar-refractivity contribution is 0.0849. The summed E-state index contributed by atoms with van der Waals surface area (Å²) in [4.78, 5) is 12.5. The summed E-state index contributed by atoms with van der Waals surface area (Å²) >= 11 is 0. The Morgan fingerprint density at radius 2 is 1.89 bits per heavy atom. The highest BCUT2D eigenvalue weighted by Crippen LogP contribution is 2.32. The van der Waals surface area contributed by atoms with Gasteiger partial charge in [-0.15, -0.1) is 0 Å². The van der Waals surface area contributed by atoms with Crippen LogP contribution in [-0.2, 0) is 0 Å². The number of fused-ring (bicyclic) bond motifs is 1. The van der Waals surface area contributed by atoms with Gasteiger partial charge in [-0.1, -0.05) is 31.4 Å². The quantitative estimate of drug-likeness (QED) is 0.726. The van der Waals surface area contributed by atoms with Gasteiger partial charge < -0.3 is 4.42 Å². The van der Waals surface area contributed by atoms with Gasteiger partial charge in [-0.05, 0) is 43.9 Å². The zero-order valence-electron chi connectivity index (χ0n) is 11.6. The van der Waals surface area contributed by atoms with Gasteiger partial charge in [-0.3, -0.25) is 4.79 Å². The standard InChI is InChI=1S/C17H20O2/c1-11-3-6-13(7-4-11)17(18)16-10-14-9-12(2)5-8-15(14)19-16/h5,8-11,13H,3-4,6-7H2,1-2H3. The molecule has 0 atom stereocenters. The fourth-order valence-corrected chi connectivity index (χ4v) is 3.01. The molecule has 19 heavy (non-hydrogen) atoms. The fraction of sp³-hybridized carbons (Fsp3) is 0.471. The van der Waals surface area contributed by atoms with Gasteiger partial charge in [-0.2, -0.15) is 0 Å². The van der Waals surface area contributed by atoms with Gasteiger partial charge in [0.25, 0.3) is 0 Å². The molecule has 3 rings (SSSR count). The molecule has 0 radical (unpaired) electrons. The molecule has 0 saturated heterocycles. The van der Waals surface area contributed by atoms with Gasteiger partial charge >= 0.3 is 0 Å². The second-order valence-corrected chi connectivity index (χ2v) is 5.97. The van der Waals surface area contributed by atoms with Crippen molar-refractivity contribution in [2.24, 2.45) is 11.8 Å². The highest BCUT2D eigenvalue weighted by Gasteiger charge is 2.27. The third-order valence-corrected chi connectivity index (χ3v) is 4.30. The van der Waals surface area contributed by atoms with Crippen LogP contribution in [0.2, 0.25) is 0 Å². The largest absolute Gasteiger partial charge is 0.453 e. The van der Waals surface area contributed by atoms with Crippen LogP contribution in [0, 0.1) is 18.8 Å². The van der Waals surface area contributed by atoms with E-state index >= 15 is 0 Å². The van der Waals surface area contributed by atoms with E-state index in [-0.39, 0.29) is 11.7 Å². The third-order valence-electron chi connectivity index (χ3n) is 4.30. The molecule has 2 aromatic rings. The molecule has 1 fully saturated rings. The van der Waals surface area contributed by atoms with Crippen molar-refractivity contribution < 1.29 is 9.21 Å². The van der Waals surface area contributed by atoms with Crippen LogP contribution in [0.5, 0.6) is 0 Å². The third kappa shape index (κ3) is 2.44. The number of carbonyl (C=O) groups is 1. The molecule has 1 aromatic heterocycles. The first-order valence-corrected chi connectivity index (χ1v) is 7.18. The van der Waals surface area contributed by atoms with E-state index in [9.17, 15) is 4.79 Å². The number of aryl methyl sites for hydroxylation is 1. The van der Waals surface area contributed by atoms with E-state index in [1.807, 2.05) is 18.2 Å². The monoisotopic (exact) mass is 256 g/mol. The lowest BCUT2D eigenvalue weighted by Gasteiger charge is -2.24. The first-order chi connectivity index (χ1) is 9.13. The predicted molar refractivity (Wildman–Crippen MR) is 76.4 cm³/mol. The fourth-order valence-electron chi connectivity index (χ4n) is 3.01. The highest BCUT2D eigenvalue weighted by atomic mass is 16.3. The molecule has 0 N–H and O–H groups in total. The average molecular weight is 256 g/mol. The first-order valence-electron chi connectivity index (χ1n) is 7.18. The van der Waals surface area contributed by atoms with Gasteiger partial charge in [0.05, 0.1) is 0 Å². The van der Waals surface area contributed by atoms with E-state index in [0.717, 1.165) is 42.6 Å². The smallest absolute Gasteiger partial charge is 0.201 e. The molecule has 0 spiro atoms. The van der Waals surface area contributed by atoms with E-state index in [1.54, 1.807) is 0 Å². The van der Waals surface area contributed by atoms with Gasteiger partial charge in [0, 0.05) is 11.3 Å². The lowest BCUT2D eigenvalue weighted by atomic mass is 9.80. The summed E-state index contributed by atoms with van der Waals surface area (Å²) < 4.78 is 5.72. The van der Waals surface area contributed by atoms with Gasteiger partial charge in [0.1, 0.15) is 5.58 Å². The molecule has 100 valence electrons. The summed E-state index contributed by atoms with van der Waals surface area (Å²) in [5.41, 5.74) is 2.01. The van der Waals surface area contributed by atoms with Crippen molar-refractivity contribution >= 4 is 16.8 Å². The second-order valence-electron chi connectivity index (χ2n) is 5.97. The van der Waals surface area contributed by atoms with Gasteiger partial charge in [0.2, 0.25) is 5.78 Å². The molecular weight excluding hydrogens is 236 g/mol. The maximum atomic E-state index is 12.5. The Balaban J connectivity index is 1.85. The van der Waals surface area contributed by atoms with Crippen molar-refractivity contribution in [1.29, 1.82) is 0 Å². The topological polar surface area (TPSA) is 30.2 Å². The minimum Gasteiger partial charge on any atom is -0.453 e. The molecular formula is C17H20O2. The van der Waals surface area contributed by atoms with E-state index < -0.39 is 0 Å². The van der Waals surface area contributed by atoms with Crippen molar-refractivity contribution in [2.75, 3.05) is 0 Å². The number of carbonyl (C=O) groups excluding carboxylic acids is 1. The molecule has 0 bridgehead atoms. The number of hydrogen-bond donors (Lipinski definition) is 0. The van der Waals surface area contributed by atoms with Gasteiger partial charge in [-0.25, -0.2) is 0 Å². The van der Waals surface area contributed by atoms with Crippen LogP contribution < -0.4 is 0 Å². The van der Waals surface area contributed by atoms with Crippen molar-refractivity contribution in [3.63, 3.8) is 0 Å². The van der Waals surface area contributed by atoms with Crippen molar-refractivity contribution in [3.8, 4) is 0 Å². The predicted octanol–water partition coefficient (Wildman–Crippen LogP) is 4.75. The zero-order valence-corrected chi connectivity index (χ0v) is 11.6. The van der Waals surface area contributed by atoms with Crippen LogP contribution in [0.25, 0.3) is 11.0 Å². The highest BCUT2D eigenvalue weighted by molar-refractivity contribution is 5.99. The number of Topliss-reactive ketones (excluding diaryl/α,β-unsaturated/α-hetero) is 1. The van der Waals surface area contributed by atoms with Crippen molar-refractivity contribution in [3.05, 3.63) is 35.6 Å². The van der Waals surface area contributed by atoms with Crippen molar-refractivity contribution in [2.45, 2.75) is 39.5 Å². The number of benzene rings is 1. The molecule has 0 unspecified atom stereocenters. The number of ketones is 1. The number of furan rings is 1. The molecule has 2 heteroatoms. The Morgan fingerprint density at radius 1 is 1.16 bits per heavy atom. The van der Waals surface area contributed by atoms with E-state index in [4.69, 9.17) is 4.42 Å². The molecule has 1 aliphatic rings. The molecule has 1 aromatic carbocycles. The van der Waals surface area contributed by atoms with Crippen LogP contribution in [0.15, 0.2) is 28.7 Å². The maximum absolute atomic E-state index is 12.5. The molecule has 0 aliphatic heterocycles. The van der Waals surface area contributed by atoms with E-state index in [1.165, 1.54) is 5.56 Å². The van der Waals surface area contributed by atoms with Crippen molar-refractivity contribution in [1.82, 2.24) is 0 Å². The molecule has 2 nitrogen and oxygen atoms in total. The summed E-state index contributed by atoms with van der Waals surface area (Å²) in [6, 6.07) is 7.94. The SMILES string of the molecule is Cc1ccc2oc(C(=O)C3CCC(C)CC3)cc2c1. The molecule has 1 aliphatic carbocycles. The number of rotatable bonds is 2. The summed E-state index contributed by atoms with van der Waals surface area (Å²) in [6.45, 7) is 4.32. The summed E-state index contributed by atoms with van der Waals surface area (Å²) in [5.74, 6) is 1.67. The van der Waals surface area contributed by atoms with Gasteiger partial charge in [0.15, 0.2) is 5.76 Å². The maximum Gasteiger partial charge on any atom is 0.201 e. The number of hydrogen-bond acceptors (Lipinski definition) is 2. The first kappa shape index (κ1) is 12.5. The normalized spacial score (nSPS) is 23.7. The Kier molecular flexibility index (Phi) is 3.17. The summed E-state index contributed by atoms with van der Waals surface area (Å²) in [5, 5.41) is 1.03. The second kappa shape index (κ2) is 4.84. The Labute approximate surface area is 113 Å². The Morgan fingerprint density at radius 3 is 2.63 bits per heavy atom.